The maximum Gasteiger partial charge on any atom is 0.335 e. The van der Waals surface area contributed by atoms with Crippen molar-refractivity contribution in [2.45, 2.75) is 39.3 Å². The zero-order chi connectivity index (χ0) is 20.2. The molecule has 0 amide bonds. The number of pyridine rings is 1. The number of ether oxygens (including phenoxy) is 1. The molecule has 6 nitrogen and oxygen atoms in total. The van der Waals surface area contributed by atoms with Crippen LogP contribution >= 0.6 is 0 Å². The van der Waals surface area contributed by atoms with Crippen LogP contribution in [-0.4, -0.2) is 40.4 Å². The summed E-state index contributed by atoms with van der Waals surface area (Å²) in [6.07, 6.45) is 9.00. The summed E-state index contributed by atoms with van der Waals surface area (Å²) in [6.45, 7) is 6.18. The second-order valence-electron chi connectivity index (χ2n) is 6.30. The third kappa shape index (κ3) is 9.42. The first kappa shape index (κ1) is 22.2. The van der Waals surface area contributed by atoms with Crippen molar-refractivity contribution < 1.29 is 19.7 Å². The van der Waals surface area contributed by atoms with E-state index < -0.39 is 5.97 Å². The Kier molecular flexibility index (Phi) is 9.61. The molecule has 2 rings (SSSR count). The van der Waals surface area contributed by atoms with E-state index in [1.165, 1.54) is 24.3 Å². The number of rotatable bonds is 7. The van der Waals surface area contributed by atoms with Gasteiger partial charge < -0.3 is 20.3 Å². The fourth-order valence-corrected chi connectivity index (χ4v) is 1.99. The van der Waals surface area contributed by atoms with Crippen molar-refractivity contribution in [3.8, 4) is 11.5 Å². The Morgan fingerprint density at radius 1 is 1.22 bits per heavy atom. The van der Waals surface area contributed by atoms with E-state index in [2.05, 4.69) is 29.4 Å². The SMILES string of the molecule is CN[C@H](C)C/C=C/c1cncc(OC(C)C)c1.O=C(O)c1ccc(O)cc1. The zero-order valence-corrected chi connectivity index (χ0v) is 16.2. The molecule has 1 aromatic heterocycles. The molecule has 1 heterocycles. The third-order valence-corrected chi connectivity index (χ3v) is 3.51. The summed E-state index contributed by atoms with van der Waals surface area (Å²) in [5.74, 6) is -0.0891. The molecule has 1 aromatic carbocycles. The van der Waals surface area contributed by atoms with E-state index >= 15 is 0 Å². The van der Waals surface area contributed by atoms with Crippen molar-refractivity contribution >= 4 is 12.0 Å². The lowest BCUT2D eigenvalue weighted by molar-refractivity contribution is 0.0697. The lowest BCUT2D eigenvalue weighted by atomic mass is 10.2. The molecular weight excluding hydrogens is 344 g/mol. The quantitative estimate of drug-likeness (QED) is 0.681. The molecule has 0 saturated heterocycles. The van der Waals surface area contributed by atoms with E-state index in [1.54, 1.807) is 6.20 Å². The second-order valence-corrected chi connectivity index (χ2v) is 6.30. The molecule has 0 bridgehead atoms. The maximum atomic E-state index is 10.2. The Bertz CT molecular complexity index is 727. The summed E-state index contributed by atoms with van der Waals surface area (Å²) in [5, 5.41) is 20.3. The Morgan fingerprint density at radius 3 is 2.44 bits per heavy atom. The van der Waals surface area contributed by atoms with Crippen LogP contribution in [0.15, 0.2) is 48.8 Å². The van der Waals surface area contributed by atoms with Gasteiger partial charge >= 0.3 is 5.97 Å². The minimum atomic E-state index is -0.986. The van der Waals surface area contributed by atoms with Gasteiger partial charge in [-0.1, -0.05) is 12.2 Å². The molecule has 0 aliphatic rings. The number of carboxylic acid groups (broad SMARTS) is 1. The van der Waals surface area contributed by atoms with Crippen LogP contribution < -0.4 is 10.1 Å². The van der Waals surface area contributed by atoms with Crippen LogP contribution in [0.1, 0.15) is 43.1 Å². The van der Waals surface area contributed by atoms with Crippen LogP contribution in [-0.2, 0) is 0 Å². The molecule has 0 aliphatic carbocycles. The summed E-state index contributed by atoms with van der Waals surface area (Å²) < 4.78 is 5.59. The molecule has 0 saturated carbocycles. The predicted octanol–water partition coefficient (Wildman–Crippen LogP) is 3.97. The molecule has 3 N–H and O–H groups in total. The number of benzene rings is 1. The summed E-state index contributed by atoms with van der Waals surface area (Å²) in [4.78, 5) is 14.4. The number of nitrogens with one attached hydrogen (secondary N) is 1. The highest BCUT2D eigenvalue weighted by atomic mass is 16.5. The molecule has 2 aromatic rings. The summed E-state index contributed by atoms with van der Waals surface area (Å²) in [6, 6.07) is 7.87. The smallest absolute Gasteiger partial charge is 0.335 e. The molecule has 0 unspecified atom stereocenters. The predicted molar refractivity (Wildman–Crippen MR) is 107 cm³/mol. The van der Waals surface area contributed by atoms with Gasteiger partial charge in [-0.05, 0) is 70.1 Å². The van der Waals surface area contributed by atoms with Crippen molar-refractivity contribution in [2.24, 2.45) is 0 Å². The number of carboxylic acids is 1. The van der Waals surface area contributed by atoms with Crippen molar-refractivity contribution in [2.75, 3.05) is 7.05 Å². The van der Waals surface area contributed by atoms with E-state index in [0.717, 1.165) is 17.7 Å². The van der Waals surface area contributed by atoms with Crippen molar-refractivity contribution in [1.29, 1.82) is 0 Å². The van der Waals surface area contributed by atoms with Crippen molar-refractivity contribution in [3.05, 3.63) is 59.9 Å². The molecule has 27 heavy (non-hydrogen) atoms. The summed E-state index contributed by atoms with van der Waals surface area (Å²) in [7, 11) is 1.97. The van der Waals surface area contributed by atoms with Gasteiger partial charge in [-0.25, -0.2) is 4.79 Å². The molecular formula is C21H28N2O4. The Labute approximate surface area is 160 Å². The first-order valence-corrected chi connectivity index (χ1v) is 8.79. The van der Waals surface area contributed by atoms with E-state index in [4.69, 9.17) is 14.9 Å². The van der Waals surface area contributed by atoms with Gasteiger partial charge in [0.25, 0.3) is 0 Å². The average Bonchev–Trinajstić information content (AvgIpc) is 2.62. The topological polar surface area (TPSA) is 91.7 Å². The number of nitrogens with zero attached hydrogens (tertiary/aromatic N) is 1. The van der Waals surface area contributed by atoms with Gasteiger partial charge in [0.1, 0.15) is 11.5 Å². The second kappa shape index (κ2) is 11.7. The largest absolute Gasteiger partial charge is 0.508 e. The van der Waals surface area contributed by atoms with E-state index in [1.807, 2.05) is 33.2 Å². The highest BCUT2D eigenvalue weighted by Gasteiger charge is 2.00. The Morgan fingerprint density at radius 2 is 1.89 bits per heavy atom. The van der Waals surface area contributed by atoms with Gasteiger partial charge in [-0.2, -0.15) is 0 Å². The van der Waals surface area contributed by atoms with Crippen LogP contribution in [0.25, 0.3) is 6.08 Å². The summed E-state index contributed by atoms with van der Waals surface area (Å²) >= 11 is 0. The van der Waals surface area contributed by atoms with E-state index in [-0.39, 0.29) is 17.4 Å². The highest BCUT2D eigenvalue weighted by Crippen LogP contribution is 2.14. The lowest BCUT2D eigenvalue weighted by Gasteiger charge is -2.09. The molecule has 146 valence electrons. The molecule has 0 spiro atoms. The van der Waals surface area contributed by atoms with Gasteiger partial charge in [0.05, 0.1) is 17.9 Å². The normalized spacial score (nSPS) is 11.7. The van der Waals surface area contributed by atoms with Crippen LogP contribution in [0.3, 0.4) is 0 Å². The first-order chi connectivity index (χ1) is 12.8. The van der Waals surface area contributed by atoms with Crippen molar-refractivity contribution in [1.82, 2.24) is 10.3 Å². The third-order valence-electron chi connectivity index (χ3n) is 3.51. The lowest BCUT2D eigenvalue weighted by Crippen LogP contribution is -2.19. The minimum Gasteiger partial charge on any atom is -0.508 e. The number of hydrogen-bond acceptors (Lipinski definition) is 5. The molecule has 0 fully saturated rings. The number of hydrogen-bond donors (Lipinski definition) is 3. The fraction of sp³-hybridized carbons (Fsp3) is 0.333. The van der Waals surface area contributed by atoms with Gasteiger partial charge in [-0.3, -0.25) is 4.98 Å². The number of aromatic nitrogens is 1. The molecule has 0 radical (unpaired) electrons. The average molecular weight is 372 g/mol. The van der Waals surface area contributed by atoms with Gasteiger partial charge in [0.15, 0.2) is 0 Å². The van der Waals surface area contributed by atoms with E-state index in [0.29, 0.717) is 6.04 Å². The first-order valence-electron chi connectivity index (χ1n) is 8.79. The number of phenolic OH excluding ortho intramolecular Hbond substituents is 1. The number of aromatic carboxylic acids is 1. The van der Waals surface area contributed by atoms with Gasteiger partial charge in [0, 0.05) is 12.2 Å². The Hall–Kier alpha value is -2.86. The van der Waals surface area contributed by atoms with Gasteiger partial charge in [-0.15, -0.1) is 0 Å². The number of carbonyl (C=O) groups is 1. The van der Waals surface area contributed by atoms with Crippen LogP contribution in [0.5, 0.6) is 11.5 Å². The zero-order valence-electron chi connectivity index (χ0n) is 16.2. The number of aromatic hydroxyl groups is 1. The van der Waals surface area contributed by atoms with Crippen LogP contribution in [0, 0.1) is 0 Å². The monoisotopic (exact) mass is 372 g/mol. The highest BCUT2D eigenvalue weighted by molar-refractivity contribution is 5.87. The van der Waals surface area contributed by atoms with Gasteiger partial charge in [0.2, 0.25) is 0 Å². The number of phenols is 1. The maximum absolute atomic E-state index is 10.2. The fourth-order valence-electron chi connectivity index (χ4n) is 1.99. The van der Waals surface area contributed by atoms with Crippen LogP contribution in [0.4, 0.5) is 0 Å². The van der Waals surface area contributed by atoms with E-state index in [9.17, 15) is 4.79 Å². The minimum absolute atomic E-state index is 0.0741. The molecule has 0 aliphatic heterocycles. The van der Waals surface area contributed by atoms with Crippen LogP contribution in [0.2, 0.25) is 0 Å². The molecule has 1 atom stereocenters. The summed E-state index contributed by atoms with van der Waals surface area (Å²) in [5.41, 5.74) is 1.25. The Balaban J connectivity index is 0.000000309. The van der Waals surface area contributed by atoms with Crippen molar-refractivity contribution in [3.63, 3.8) is 0 Å². The molecule has 6 heteroatoms. The standard InChI is InChI=1S/C14H22N2O.C7H6O3/c1-11(2)17-14-8-13(9-16-10-14)7-5-6-12(3)15-4;8-6-3-1-5(2-4-6)7(9)10/h5,7-12,15H,6H2,1-4H3;1-4,8H,(H,9,10)/b7-5+;/t12-;/m1./s1.